The highest BCUT2D eigenvalue weighted by Crippen LogP contribution is 2.31. The minimum absolute atomic E-state index is 0.197. The maximum atomic E-state index is 12.1. The van der Waals surface area contributed by atoms with Crippen LogP contribution in [0.15, 0.2) is 42.5 Å². The van der Waals surface area contributed by atoms with Gasteiger partial charge < -0.3 is 5.11 Å². The maximum absolute atomic E-state index is 12.1. The van der Waals surface area contributed by atoms with Crippen LogP contribution in [0.25, 0.3) is 10.8 Å². The van der Waals surface area contributed by atoms with Gasteiger partial charge in [0.25, 0.3) is 0 Å². The van der Waals surface area contributed by atoms with Gasteiger partial charge in [0.15, 0.2) is 9.84 Å². The summed E-state index contributed by atoms with van der Waals surface area (Å²) < 4.78 is 24.2. The predicted octanol–water partition coefficient (Wildman–Crippen LogP) is 2.84. The maximum Gasteiger partial charge on any atom is 0.156 e. The molecule has 0 spiro atoms. The molecule has 3 nitrogen and oxygen atoms in total. The molecule has 2 atom stereocenters. The van der Waals surface area contributed by atoms with E-state index in [-0.39, 0.29) is 5.75 Å². The van der Waals surface area contributed by atoms with Gasteiger partial charge in [-0.15, -0.1) is 0 Å². The second-order valence-electron chi connectivity index (χ2n) is 5.45. The average Bonchev–Trinajstić information content (AvgIpc) is 2.45. The Morgan fingerprint density at radius 3 is 2.55 bits per heavy atom. The summed E-state index contributed by atoms with van der Waals surface area (Å²) in [4.78, 5) is 0. The minimum atomic E-state index is -3.17. The molecule has 0 aliphatic carbocycles. The molecule has 1 N–H and O–H groups in total. The average molecular weight is 290 g/mol. The van der Waals surface area contributed by atoms with E-state index in [0.29, 0.717) is 18.4 Å². The number of fused-ring (bicyclic) bond motifs is 1. The Morgan fingerprint density at radius 1 is 1.05 bits per heavy atom. The van der Waals surface area contributed by atoms with Crippen molar-refractivity contribution in [2.75, 3.05) is 5.75 Å². The number of sulfone groups is 1. The Balaban J connectivity index is 1.97. The first-order valence-corrected chi connectivity index (χ1v) is 8.68. The van der Waals surface area contributed by atoms with E-state index in [1.807, 2.05) is 42.5 Å². The van der Waals surface area contributed by atoms with Crippen molar-refractivity contribution in [2.45, 2.75) is 30.6 Å². The van der Waals surface area contributed by atoms with Crippen LogP contribution in [0.2, 0.25) is 0 Å². The van der Waals surface area contributed by atoms with Crippen LogP contribution in [0.3, 0.4) is 0 Å². The highest BCUT2D eigenvalue weighted by atomic mass is 32.2. The van der Waals surface area contributed by atoms with Gasteiger partial charge in [0.1, 0.15) is 0 Å². The van der Waals surface area contributed by atoms with Crippen molar-refractivity contribution in [3.05, 3.63) is 48.0 Å². The molecule has 2 aromatic rings. The lowest BCUT2D eigenvalue weighted by molar-refractivity contribution is 0.164. The first-order valence-electron chi connectivity index (χ1n) is 6.96. The summed E-state index contributed by atoms with van der Waals surface area (Å²) in [5, 5.41) is 11.9. The zero-order chi connectivity index (χ0) is 14.2. The van der Waals surface area contributed by atoms with Gasteiger partial charge in [0, 0.05) is 0 Å². The van der Waals surface area contributed by atoms with Crippen LogP contribution in [0.5, 0.6) is 0 Å². The summed E-state index contributed by atoms with van der Waals surface area (Å²) >= 11 is 0. The van der Waals surface area contributed by atoms with Gasteiger partial charge in [-0.3, -0.25) is 0 Å². The fourth-order valence-electron chi connectivity index (χ4n) is 2.94. The van der Waals surface area contributed by atoms with Crippen LogP contribution in [0.4, 0.5) is 0 Å². The van der Waals surface area contributed by atoms with Crippen molar-refractivity contribution in [1.82, 2.24) is 0 Å². The molecule has 2 unspecified atom stereocenters. The van der Waals surface area contributed by atoms with Gasteiger partial charge in [-0.05, 0) is 35.2 Å². The fourth-order valence-corrected chi connectivity index (χ4v) is 4.93. The van der Waals surface area contributed by atoms with Crippen LogP contribution < -0.4 is 0 Å². The molecule has 0 saturated carbocycles. The van der Waals surface area contributed by atoms with E-state index < -0.39 is 21.2 Å². The molecule has 1 fully saturated rings. The Hall–Kier alpha value is -1.39. The van der Waals surface area contributed by atoms with E-state index in [1.54, 1.807) is 0 Å². The molecule has 0 amide bonds. The van der Waals surface area contributed by atoms with E-state index in [2.05, 4.69) is 0 Å². The van der Waals surface area contributed by atoms with Gasteiger partial charge in [0.2, 0.25) is 0 Å². The first kappa shape index (κ1) is 13.6. The fraction of sp³-hybridized carbons (Fsp3) is 0.375. The minimum Gasteiger partial charge on any atom is -0.387 e. The standard InChI is InChI=1S/C16H18O3S/c17-16(15-7-3-4-10-20(15,18)19)14-9-8-12-5-1-2-6-13(12)11-14/h1-2,5-6,8-9,11,15-17H,3-4,7,10H2. The molecule has 1 heterocycles. The topological polar surface area (TPSA) is 54.4 Å². The normalized spacial score (nSPS) is 23.6. The second-order valence-corrected chi connectivity index (χ2v) is 7.79. The molecule has 3 rings (SSSR count). The van der Waals surface area contributed by atoms with Crippen LogP contribution >= 0.6 is 0 Å². The predicted molar refractivity (Wildman–Crippen MR) is 80.3 cm³/mol. The quantitative estimate of drug-likeness (QED) is 0.925. The molecular weight excluding hydrogens is 272 g/mol. The molecule has 106 valence electrons. The van der Waals surface area contributed by atoms with E-state index >= 15 is 0 Å². The lowest BCUT2D eigenvalue weighted by Crippen LogP contribution is -2.33. The summed E-state index contributed by atoms with van der Waals surface area (Å²) in [5.41, 5.74) is 0.694. The van der Waals surface area contributed by atoms with Crippen molar-refractivity contribution in [1.29, 1.82) is 0 Å². The molecule has 2 aromatic carbocycles. The van der Waals surface area contributed by atoms with Crippen molar-refractivity contribution in [2.24, 2.45) is 0 Å². The van der Waals surface area contributed by atoms with Crippen LogP contribution in [-0.2, 0) is 9.84 Å². The SMILES string of the molecule is O=S1(=O)CCCCC1C(O)c1ccc2ccccc2c1. The molecule has 1 aliphatic heterocycles. The summed E-state index contributed by atoms with van der Waals surface area (Å²) in [7, 11) is -3.17. The van der Waals surface area contributed by atoms with Crippen molar-refractivity contribution < 1.29 is 13.5 Å². The Bertz CT molecular complexity index is 721. The molecule has 0 aromatic heterocycles. The number of hydrogen-bond donors (Lipinski definition) is 1. The smallest absolute Gasteiger partial charge is 0.156 e. The summed E-state index contributed by atoms with van der Waals surface area (Å²) in [6, 6.07) is 13.5. The van der Waals surface area contributed by atoms with Crippen LogP contribution in [-0.4, -0.2) is 24.5 Å². The summed E-state index contributed by atoms with van der Waals surface area (Å²) in [6.45, 7) is 0. The van der Waals surface area contributed by atoms with E-state index in [4.69, 9.17) is 0 Å². The Morgan fingerprint density at radius 2 is 1.80 bits per heavy atom. The van der Waals surface area contributed by atoms with E-state index in [1.165, 1.54) is 0 Å². The number of rotatable bonds is 2. The number of aliphatic hydroxyl groups is 1. The first-order chi connectivity index (χ1) is 9.58. The van der Waals surface area contributed by atoms with Gasteiger partial charge in [-0.25, -0.2) is 8.42 Å². The molecule has 0 radical (unpaired) electrons. The molecule has 4 heteroatoms. The second kappa shape index (κ2) is 5.19. The Labute approximate surface area is 119 Å². The third-order valence-corrected chi connectivity index (χ3v) is 6.37. The molecule has 20 heavy (non-hydrogen) atoms. The van der Waals surface area contributed by atoms with Crippen molar-refractivity contribution in [3.8, 4) is 0 Å². The lowest BCUT2D eigenvalue weighted by atomic mass is 9.99. The zero-order valence-corrected chi connectivity index (χ0v) is 12.0. The van der Waals surface area contributed by atoms with Gasteiger partial charge in [0.05, 0.1) is 17.1 Å². The molecule has 1 aliphatic rings. The third kappa shape index (κ3) is 2.45. The summed E-state index contributed by atoms with van der Waals surface area (Å²) in [6.07, 6.45) is 1.21. The van der Waals surface area contributed by atoms with E-state index in [0.717, 1.165) is 17.2 Å². The van der Waals surface area contributed by atoms with Gasteiger partial charge in [-0.2, -0.15) is 0 Å². The molecular formula is C16H18O3S. The molecule has 0 bridgehead atoms. The monoisotopic (exact) mass is 290 g/mol. The number of benzene rings is 2. The third-order valence-electron chi connectivity index (χ3n) is 4.10. The van der Waals surface area contributed by atoms with Crippen molar-refractivity contribution >= 4 is 20.6 Å². The summed E-state index contributed by atoms with van der Waals surface area (Å²) in [5.74, 6) is 0.197. The number of hydrogen-bond acceptors (Lipinski definition) is 3. The highest BCUT2D eigenvalue weighted by molar-refractivity contribution is 7.92. The zero-order valence-electron chi connectivity index (χ0n) is 11.2. The van der Waals surface area contributed by atoms with Crippen LogP contribution in [0, 0.1) is 0 Å². The van der Waals surface area contributed by atoms with Crippen molar-refractivity contribution in [3.63, 3.8) is 0 Å². The Kier molecular flexibility index (Phi) is 3.52. The van der Waals surface area contributed by atoms with Gasteiger partial charge in [-0.1, -0.05) is 42.8 Å². The largest absolute Gasteiger partial charge is 0.387 e. The lowest BCUT2D eigenvalue weighted by Gasteiger charge is -2.27. The van der Waals surface area contributed by atoms with E-state index in [9.17, 15) is 13.5 Å². The number of aliphatic hydroxyl groups excluding tert-OH is 1. The van der Waals surface area contributed by atoms with Crippen LogP contribution in [0.1, 0.15) is 30.9 Å². The molecule has 1 saturated heterocycles. The highest BCUT2D eigenvalue weighted by Gasteiger charge is 2.35. The van der Waals surface area contributed by atoms with Gasteiger partial charge >= 0.3 is 0 Å².